The lowest BCUT2D eigenvalue weighted by Crippen LogP contribution is -2.50. The molecule has 3 aromatic rings. The van der Waals surface area contributed by atoms with E-state index in [1.807, 2.05) is 6.07 Å². The number of H-pyrrole nitrogens is 1. The monoisotopic (exact) mass is 387 g/mol. The van der Waals surface area contributed by atoms with Gasteiger partial charge in [0.05, 0.1) is 10.4 Å². The Morgan fingerprint density at radius 1 is 1.00 bits per heavy atom. The highest BCUT2D eigenvalue weighted by Crippen LogP contribution is 2.22. The number of nitrogens with zero attached hydrogens (tertiary/aromatic N) is 2. The molecule has 1 aliphatic heterocycles. The molecule has 0 atom stereocenters. The number of aromatic nitrogens is 1. The average Bonchev–Trinajstić information content (AvgIpc) is 3.07. The number of oxazole rings is 1. The van der Waals surface area contributed by atoms with E-state index in [-0.39, 0.29) is 29.5 Å². The second-order valence-electron chi connectivity index (χ2n) is 6.23. The smallest absolute Gasteiger partial charge is 0.408 e. The molecule has 140 valence electrons. The number of sulfonamides is 1. The Balaban J connectivity index is 1.51. The van der Waals surface area contributed by atoms with Crippen LogP contribution in [0.4, 0.5) is 0 Å². The van der Waals surface area contributed by atoms with Gasteiger partial charge in [0.2, 0.25) is 10.0 Å². The number of benzene rings is 2. The van der Waals surface area contributed by atoms with E-state index in [1.54, 1.807) is 29.2 Å². The van der Waals surface area contributed by atoms with Crippen molar-refractivity contribution in [2.75, 3.05) is 26.2 Å². The molecule has 9 heteroatoms. The van der Waals surface area contributed by atoms with Crippen molar-refractivity contribution >= 4 is 27.0 Å². The standard InChI is InChI=1S/C18H17N3O5S/c22-17(13-4-2-1-3-5-13)20-8-10-21(11-9-20)27(24,25)14-6-7-15-16(12-14)26-18(23)19-15/h1-7,12H,8-11H2,(H,19,23). The predicted octanol–water partition coefficient (Wildman–Crippen LogP) is 1.27. The fraction of sp³-hybridized carbons (Fsp3) is 0.222. The number of hydrogen-bond acceptors (Lipinski definition) is 5. The van der Waals surface area contributed by atoms with Crippen molar-refractivity contribution in [2.24, 2.45) is 0 Å². The average molecular weight is 387 g/mol. The van der Waals surface area contributed by atoms with Gasteiger partial charge in [-0.3, -0.25) is 9.78 Å². The number of carbonyl (C=O) groups excluding carboxylic acids is 1. The van der Waals surface area contributed by atoms with Crippen molar-refractivity contribution in [3.8, 4) is 0 Å². The molecule has 1 amide bonds. The summed E-state index contributed by atoms with van der Waals surface area (Å²) in [7, 11) is -3.74. The van der Waals surface area contributed by atoms with Gasteiger partial charge >= 0.3 is 5.76 Å². The van der Waals surface area contributed by atoms with Crippen LogP contribution in [-0.2, 0) is 10.0 Å². The van der Waals surface area contributed by atoms with E-state index in [2.05, 4.69) is 4.98 Å². The van der Waals surface area contributed by atoms with Crippen molar-refractivity contribution < 1.29 is 17.6 Å². The normalized spacial score (nSPS) is 15.9. The number of aromatic amines is 1. The Bertz CT molecular complexity index is 1140. The van der Waals surface area contributed by atoms with Crippen LogP contribution in [0.5, 0.6) is 0 Å². The highest BCUT2D eigenvalue weighted by Gasteiger charge is 2.30. The SMILES string of the molecule is O=C(c1ccccc1)N1CCN(S(=O)(=O)c2ccc3[nH]c(=O)oc3c2)CC1. The summed E-state index contributed by atoms with van der Waals surface area (Å²) < 4.78 is 32.0. The first-order chi connectivity index (χ1) is 12.9. The third kappa shape index (κ3) is 3.26. The first-order valence-corrected chi connectivity index (χ1v) is 9.86. The molecule has 4 rings (SSSR count). The predicted molar refractivity (Wildman–Crippen MR) is 97.9 cm³/mol. The molecule has 2 heterocycles. The van der Waals surface area contributed by atoms with E-state index in [1.165, 1.54) is 22.5 Å². The van der Waals surface area contributed by atoms with Crippen molar-refractivity contribution in [3.63, 3.8) is 0 Å². The van der Waals surface area contributed by atoms with E-state index in [9.17, 15) is 18.0 Å². The van der Waals surface area contributed by atoms with Crippen molar-refractivity contribution in [2.45, 2.75) is 4.90 Å². The van der Waals surface area contributed by atoms with Crippen LogP contribution < -0.4 is 5.76 Å². The third-order valence-electron chi connectivity index (χ3n) is 4.58. The maximum Gasteiger partial charge on any atom is 0.417 e. The molecule has 0 unspecified atom stereocenters. The summed E-state index contributed by atoms with van der Waals surface area (Å²) in [6.45, 7) is 1.04. The van der Waals surface area contributed by atoms with Gasteiger partial charge in [0, 0.05) is 37.8 Å². The maximum absolute atomic E-state index is 12.9. The molecular weight excluding hydrogens is 370 g/mol. The summed E-state index contributed by atoms with van der Waals surface area (Å²) >= 11 is 0. The Morgan fingerprint density at radius 2 is 1.70 bits per heavy atom. The zero-order valence-corrected chi connectivity index (χ0v) is 15.1. The number of hydrogen-bond donors (Lipinski definition) is 1. The molecule has 0 bridgehead atoms. The van der Waals surface area contributed by atoms with Gasteiger partial charge in [-0.2, -0.15) is 4.31 Å². The molecular formula is C18H17N3O5S. The van der Waals surface area contributed by atoms with Crippen molar-refractivity contribution in [3.05, 3.63) is 64.6 Å². The van der Waals surface area contributed by atoms with E-state index in [0.717, 1.165) is 0 Å². The quantitative estimate of drug-likeness (QED) is 0.729. The van der Waals surface area contributed by atoms with Crippen LogP contribution in [0.15, 0.2) is 62.6 Å². The molecule has 0 spiro atoms. The van der Waals surface area contributed by atoms with Gasteiger partial charge in [-0.1, -0.05) is 18.2 Å². The molecule has 27 heavy (non-hydrogen) atoms. The van der Waals surface area contributed by atoms with Crippen molar-refractivity contribution in [1.82, 2.24) is 14.2 Å². The van der Waals surface area contributed by atoms with Crippen LogP contribution in [0.1, 0.15) is 10.4 Å². The number of carbonyl (C=O) groups is 1. The van der Waals surface area contributed by atoms with E-state index in [0.29, 0.717) is 24.2 Å². The van der Waals surface area contributed by atoms with Crippen LogP contribution in [0.3, 0.4) is 0 Å². The number of piperazine rings is 1. The summed E-state index contributed by atoms with van der Waals surface area (Å²) in [5.41, 5.74) is 1.22. The van der Waals surface area contributed by atoms with Gasteiger partial charge in [-0.05, 0) is 24.3 Å². The molecule has 8 nitrogen and oxygen atoms in total. The second-order valence-corrected chi connectivity index (χ2v) is 8.17. The zero-order chi connectivity index (χ0) is 19.0. The number of rotatable bonds is 3. The van der Waals surface area contributed by atoms with Crippen LogP contribution in [-0.4, -0.2) is 54.7 Å². The molecule has 1 aromatic heterocycles. The molecule has 0 saturated carbocycles. The summed E-state index contributed by atoms with van der Waals surface area (Å²) in [6.07, 6.45) is 0. The van der Waals surface area contributed by atoms with Crippen LogP contribution in [0.2, 0.25) is 0 Å². The minimum atomic E-state index is -3.74. The zero-order valence-electron chi connectivity index (χ0n) is 14.3. The van der Waals surface area contributed by atoms with E-state index in [4.69, 9.17) is 4.42 Å². The lowest BCUT2D eigenvalue weighted by Gasteiger charge is -2.34. The number of nitrogens with one attached hydrogen (secondary N) is 1. The highest BCUT2D eigenvalue weighted by molar-refractivity contribution is 7.89. The fourth-order valence-electron chi connectivity index (χ4n) is 3.13. The maximum atomic E-state index is 12.9. The molecule has 1 saturated heterocycles. The van der Waals surface area contributed by atoms with Crippen molar-refractivity contribution in [1.29, 1.82) is 0 Å². The van der Waals surface area contributed by atoms with Gasteiger partial charge in [0.25, 0.3) is 5.91 Å². The Labute approximate surface area is 155 Å². The van der Waals surface area contributed by atoms with Crippen LogP contribution in [0, 0.1) is 0 Å². The van der Waals surface area contributed by atoms with E-state index >= 15 is 0 Å². The topological polar surface area (TPSA) is 104 Å². The lowest BCUT2D eigenvalue weighted by atomic mass is 10.2. The summed E-state index contributed by atoms with van der Waals surface area (Å²) in [5, 5.41) is 0. The minimum Gasteiger partial charge on any atom is -0.408 e. The molecule has 0 radical (unpaired) electrons. The Kier molecular flexibility index (Phi) is 4.33. The fourth-order valence-corrected chi connectivity index (χ4v) is 4.57. The van der Waals surface area contributed by atoms with Gasteiger partial charge < -0.3 is 9.32 Å². The Hall–Kier alpha value is -2.91. The largest absolute Gasteiger partial charge is 0.417 e. The van der Waals surface area contributed by atoms with Gasteiger partial charge in [0.15, 0.2) is 5.58 Å². The molecule has 1 aliphatic rings. The summed E-state index contributed by atoms with van der Waals surface area (Å²) in [6, 6.07) is 13.2. The Morgan fingerprint density at radius 3 is 2.41 bits per heavy atom. The first kappa shape index (κ1) is 17.5. The van der Waals surface area contributed by atoms with E-state index < -0.39 is 15.8 Å². The first-order valence-electron chi connectivity index (χ1n) is 8.42. The van der Waals surface area contributed by atoms with Crippen LogP contribution >= 0.6 is 0 Å². The molecule has 1 N–H and O–H groups in total. The highest BCUT2D eigenvalue weighted by atomic mass is 32.2. The van der Waals surface area contributed by atoms with Gasteiger partial charge in [-0.25, -0.2) is 13.2 Å². The van der Waals surface area contributed by atoms with Gasteiger partial charge in [0.1, 0.15) is 0 Å². The third-order valence-corrected chi connectivity index (χ3v) is 6.47. The summed E-state index contributed by atoms with van der Waals surface area (Å²) in [5.74, 6) is -0.740. The molecule has 1 fully saturated rings. The van der Waals surface area contributed by atoms with Crippen LogP contribution in [0.25, 0.3) is 11.1 Å². The minimum absolute atomic E-state index is 0.0561. The molecule has 2 aromatic carbocycles. The second kappa shape index (κ2) is 6.67. The number of amides is 1. The van der Waals surface area contributed by atoms with Gasteiger partial charge in [-0.15, -0.1) is 0 Å². The lowest BCUT2D eigenvalue weighted by molar-refractivity contribution is 0.0698. The number of fused-ring (bicyclic) bond motifs is 1. The molecule has 0 aliphatic carbocycles. The summed E-state index contributed by atoms with van der Waals surface area (Å²) in [4.78, 5) is 27.9.